The van der Waals surface area contributed by atoms with Gasteiger partial charge in [-0.2, -0.15) is 0 Å². The number of aromatic nitrogens is 3. The molecule has 1 aromatic heterocycles. The molecule has 8 heteroatoms. The molecule has 2 aromatic rings. The number of halogens is 1. The molecule has 0 bridgehead atoms. The van der Waals surface area contributed by atoms with Gasteiger partial charge in [0.25, 0.3) is 0 Å². The highest BCUT2D eigenvalue weighted by Crippen LogP contribution is 2.23. The first-order valence-corrected chi connectivity index (χ1v) is 12.2. The van der Waals surface area contributed by atoms with Crippen molar-refractivity contribution in [3.05, 3.63) is 34.6 Å². The zero-order valence-electron chi connectivity index (χ0n) is 17.8. The predicted molar refractivity (Wildman–Crippen MR) is 121 cm³/mol. The second-order valence-corrected chi connectivity index (χ2v) is 9.07. The third-order valence-corrected chi connectivity index (χ3v) is 6.55. The van der Waals surface area contributed by atoms with Gasteiger partial charge in [0.05, 0.1) is 12.4 Å². The summed E-state index contributed by atoms with van der Waals surface area (Å²) in [5, 5.41) is 13.3. The van der Waals surface area contributed by atoms with E-state index in [1.54, 1.807) is 0 Å². The Labute approximate surface area is 188 Å². The molecule has 0 spiro atoms. The first-order chi connectivity index (χ1) is 14.6. The number of benzene rings is 1. The Hall–Kier alpha value is -1.73. The monoisotopic (exact) mass is 450 g/mol. The largest absolute Gasteiger partial charge is 0.493 e. The number of rotatable bonds is 10. The summed E-state index contributed by atoms with van der Waals surface area (Å²) in [7, 11) is 0. The number of carbonyl (C=O) groups is 1. The predicted octanol–water partition coefficient (Wildman–Crippen LogP) is 4.81. The molecule has 0 unspecified atom stereocenters. The fraction of sp³-hybridized carbons (Fsp3) is 0.591. The Morgan fingerprint density at radius 3 is 2.83 bits per heavy atom. The maximum Gasteiger partial charge on any atom is 0.230 e. The Morgan fingerprint density at radius 1 is 1.30 bits per heavy atom. The summed E-state index contributed by atoms with van der Waals surface area (Å²) in [5.41, 5.74) is 1.03. The molecule has 1 aromatic carbocycles. The average Bonchev–Trinajstić information content (AvgIpc) is 3.13. The zero-order valence-corrected chi connectivity index (χ0v) is 19.4. The lowest BCUT2D eigenvalue weighted by Crippen LogP contribution is -2.37. The van der Waals surface area contributed by atoms with Crippen LogP contribution in [0.25, 0.3) is 0 Å². The van der Waals surface area contributed by atoms with Crippen LogP contribution in [0.4, 0.5) is 0 Å². The Kier molecular flexibility index (Phi) is 8.88. The van der Waals surface area contributed by atoms with E-state index in [4.69, 9.17) is 16.3 Å². The van der Waals surface area contributed by atoms with Crippen LogP contribution in [0.15, 0.2) is 23.4 Å². The number of nitrogens with one attached hydrogen (secondary N) is 1. The summed E-state index contributed by atoms with van der Waals surface area (Å²) in [6, 6.07) is 5.99. The van der Waals surface area contributed by atoms with Crippen molar-refractivity contribution >= 4 is 29.3 Å². The summed E-state index contributed by atoms with van der Waals surface area (Å²) in [5.74, 6) is 2.26. The topological polar surface area (TPSA) is 69.0 Å². The summed E-state index contributed by atoms with van der Waals surface area (Å²) in [6.07, 6.45) is 7.54. The molecule has 0 aliphatic heterocycles. The standard InChI is InChI=1S/C22H31ClN4O2S/c1-3-27-20(10-7-13-29-19-12-11-17(23)14-16(19)2)25-26-22(27)30-15-21(28)24-18-8-5-4-6-9-18/h11-12,14,18H,3-10,13,15H2,1-2H3,(H,24,28). The maximum absolute atomic E-state index is 12.3. The molecule has 1 N–H and O–H groups in total. The molecule has 30 heavy (non-hydrogen) atoms. The molecular weight excluding hydrogens is 420 g/mol. The van der Waals surface area contributed by atoms with Crippen molar-refractivity contribution in [3.63, 3.8) is 0 Å². The van der Waals surface area contributed by atoms with Gasteiger partial charge in [0.2, 0.25) is 5.91 Å². The van der Waals surface area contributed by atoms with Crippen molar-refractivity contribution in [1.82, 2.24) is 20.1 Å². The van der Waals surface area contributed by atoms with Crippen LogP contribution in [-0.4, -0.2) is 39.1 Å². The van der Waals surface area contributed by atoms with Crippen LogP contribution < -0.4 is 10.1 Å². The fourth-order valence-corrected chi connectivity index (χ4v) is 4.82. The van der Waals surface area contributed by atoms with Crippen LogP contribution >= 0.6 is 23.4 Å². The molecule has 164 valence electrons. The van der Waals surface area contributed by atoms with E-state index in [0.717, 1.165) is 54.5 Å². The molecule has 1 amide bonds. The van der Waals surface area contributed by atoms with Crippen molar-refractivity contribution < 1.29 is 9.53 Å². The van der Waals surface area contributed by atoms with E-state index in [9.17, 15) is 4.79 Å². The van der Waals surface area contributed by atoms with E-state index in [1.807, 2.05) is 25.1 Å². The van der Waals surface area contributed by atoms with Crippen molar-refractivity contribution in [2.45, 2.75) is 76.5 Å². The molecule has 6 nitrogen and oxygen atoms in total. The summed E-state index contributed by atoms with van der Waals surface area (Å²) >= 11 is 7.45. The number of ether oxygens (including phenoxy) is 1. The first-order valence-electron chi connectivity index (χ1n) is 10.8. The summed E-state index contributed by atoms with van der Waals surface area (Å²) < 4.78 is 7.96. The average molecular weight is 451 g/mol. The van der Waals surface area contributed by atoms with E-state index in [-0.39, 0.29) is 5.91 Å². The second kappa shape index (κ2) is 11.6. The molecule has 3 rings (SSSR count). The number of hydrogen-bond donors (Lipinski definition) is 1. The summed E-state index contributed by atoms with van der Waals surface area (Å²) in [4.78, 5) is 12.3. The molecule has 1 saturated carbocycles. The number of amides is 1. The van der Waals surface area contributed by atoms with Crippen LogP contribution in [0.1, 0.15) is 56.8 Å². The van der Waals surface area contributed by atoms with Crippen molar-refractivity contribution in [3.8, 4) is 5.75 Å². The van der Waals surface area contributed by atoms with Gasteiger partial charge in [0.15, 0.2) is 5.16 Å². The Bertz CT molecular complexity index is 837. The molecule has 0 radical (unpaired) electrons. The van der Waals surface area contributed by atoms with Gasteiger partial charge < -0.3 is 14.6 Å². The van der Waals surface area contributed by atoms with Crippen molar-refractivity contribution in [2.24, 2.45) is 0 Å². The Balaban J connectivity index is 1.44. The van der Waals surface area contributed by atoms with Crippen LogP contribution in [0.3, 0.4) is 0 Å². The highest BCUT2D eigenvalue weighted by Gasteiger charge is 2.17. The molecule has 1 aliphatic rings. The minimum absolute atomic E-state index is 0.0887. The molecule has 0 saturated heterocycles. The molecule has 0 atom stereocenters. The van der Waals surface area contributed by atoms with Crippen LogP contribution in [-0.2, 0) is 17.8 Å². The van der Waals surface area contributed by atoms with Crippen molar-refractivity contribution in [1.29, 1.82) is 0 Å². The van der Waals surface area contributed by atoms with Crippen LogP contribution in [0, 0.1) is 6.92 Å². The lowest BCUT2D eigenvalue weighted by atomic mass is 9.95. The van der Waals surface area contributed by atoms with Gasteiger partial charge in [0.1, 0.15) is 11.6 Å². The van der Waals surface area contributed by atoms with Gasteiger partial charge >= 0.3 is 0 Å². The van der Waals surface area contributed by atoms with Gasteiger partial charge in [-0.1, -0.05) is 42.6 Å². The second-order valence-electron chi connectivity index (χ2n) is 7.70. The van der Waals surface area contributed by atoms with E-state index in [0.29, 0.717) is 23.4 Å². The number of aryl methyl sites for hydroxylation is 2. The third kappa shape index (κ3) is 6.64. The van der Waals surface area contributed by atoms with E-state index in [2.05, 4.69) is 27.0 Å². The number of carbonyl (C=O) groups excluding carboxylic acids is 1. The smallest absolute Gasteiger partial charge is 0.230 e. The number of hydrogen-bond acceptors (Lipinski definition) is 5. The quantitative estimate of drug-likeness (QED) is 0.415. The van der Waals surface area contributed by atoms with Gasteiger partial charge in [-0.15, -0.1) is 10.2 Å². The van der Waals surface area contributed by atoms with Gasteiger partial charge in [-0.25, -0.2) is 0 Å². The van der Waals surface area contributed by atoms with Gasteiger partial charge in [-0.3, -0.25) is 4.79 Å². The number of nitrogens with zero attached hydrogens (tertiary/aromatic N) is 3. The van der Waals surface area contributed by atoms with Gasteiger partial charge in [-0.05, 0) is 56.9 Å². The minimum atomic E-state index is 0.0887. The molecule has 1 heterocycles. The highest BCUT2D eigenvalue weighted by molar-refractivity contribution is 7.99. The van der Waals surface area contributed by atoms with Gasteiger partial charge in [0, 0.05) is 24.0 Å². The lowest BCUT2D eigenvalue weighted by molar-refractivity contribution is -0.119. The SMILES string of the molecule is CCn1c(CCCOc2ccc(Cl)cc2C)nnc1SCC(=O)NC1CCCCC1. The molecule has 1 fully saturated rings. The van der Waals surface area contributed by atoms with Crippen molar-refractivity contribution in [2.75, 3.05) is 12.4 Å². The molecule has 1 aliphatic carbocycles. The number of thioether (sulfide) groups is 1. The minimum Gasteiger partial charge on any atom is -0.493 e. The molecular formula is C22H31ClN4O2S. The van der Waals surface area contributed by atoms with E-state index >= 15 is 0 Å². The van der Waals surface area contributed by atoms with E-state index in [1.165, 1.54) is 31.0 Å². The third-order valence-electron chi connectivity index (χ3n) is 5.35. The first kappa shape index (κ1) is 22.9. The summed E-state index contributed by atoms with van der Waals surface area (Å²) in [6.45, 7) is 5.45. The fourth-order valence-electron chi connectivity index (χ4n) is 3.76. The van der Waals surface area contributed by atoms with E-state index < -0.39 is 0 Å². The Morgan fingerprint density at radius 2 is 2.10 bits per heavy atom. The zero-order chi connectivity index (χ0) is 21.3. The maximum atomic E-state index is 12.3. The van der Waals surface area contributed by atoms with Crippen LogP contribution in [0.5, 0.6) is 5.75 Å². The lowest BCUT2D eigenvalue weighted by Gasteiger charge is -2.22. The van der Waals surface area contributed by atoms with Crippen LogP contribution in [0.2, 0.25) is 5.02 Å². The normalized spacial score (nSPS) is 14.6. The highest BCUT2D eigenvalue weighted by atomic mass is 35.5.